The van der Waals surface area contributed by atoms with Gasteiger partial charge in [0, 0.05) is 13.3 Å². The second kappa shape index (κ2) is 7.41. The standard InChI is InChI=1S/C18H19NO3/c1-13(20)19-17(18(21)22-2)12-14-8-10-16(11-9-14)15-6-4-3-5-7-15/h3-11,17H,12H2,1-2H3,(H,19,20)/t17-/m0/s1. The van der Waals surface area contributed by atoms with Gasteiger partial charge in [-0.15, -0.1) is 0 Å². The largest absolute Gasteiger partial charge is 0.467 e. The van der Waals surface area contributed by atoms with Crippen LogP contribution in [0.3, 0.4) is 0 Å². The van der Waals surface area contributed by atoms with Crippen molar-refractivity contribution in [2.45, 2.75) is 19.4 Å². The van der Waals surface area contributed by atoms with Crippen molar-refractivity contribution in [1.82, 2.24) is 5.32 Å². The molecule has 0 unspecified atom stereocenters. The lowest BCUT2D eigenvalue weighted by Crippen LogP contribution is -2.41. The molecule has 0 aliphatic carbocycles. The summed E-state index contributed by atoms with van der Waals surface area (Å²) in [5, 5.41) is 2.61. The molecule has 0 radical (unpaired) electrons. The SMILES string of the molecule is COC(=O)[C@H](Cc1ccc(-c2ccccc2)cc1)NC(C)=O. The van der Waals surface area contributed by atoms with Crippen LogP contribution in [0.1, 0.15) is 12.5 Å². The lowest BCUT2D eigenvalue weighted by molar-refractivity contribution is -0.144. The number of nitrogens with one attached hydrogen (secondary N) is 1. The van der Waals surface area contributed by atoms with E-state index in [2.05, 4.69) is 5.32 Å². The second-order valence-corrected chi connectivity index (χ2v) is 5.04. The molecule has 0 aliphatic rings. The van der Waals surface area contributed by atoms with Crippen molar-refractivity contribution in [3.05, 3.63) is 60.2 Å². The number of hydrogen-bond acceptors (Lipinski definition) is 3. The zero-order valence-electron chi connectivity index (χ0n) is 12.7. The van der Waals surface area contributed by atoms with E-state index in [0.29, 0.717) is 6.42 Å². The van der Waals surface area contributed by atoms with Crippen molar-refractivity contribution < 1.29 is 14.3 Å². The van der Waals surface area contributed by atoms with Gasteiger partial charge in [0.05, 0.1) is 7.11 Å². The fourth-order valence-electron chi connectivity index (χ4n) is 2.28. The van der Waals surface area contributed by atoms with Gasteiger partial charge in [-0.05, 0) is 16.7 Å². The van der Waals surface area contributed by atoms with Gasteiger partial charge in [0.25, 0.3) is 0 Å². The Bertz CT molecular complexity index is 635. The zero-order valence-corrected chi connectivity index (χ0v) is 12.7. The highest BCUT2D eigenvalue weighted by Gasteiger charge is 2.20. The summed E-state index contributed by atoms with van der Waals surface area (Å²) in [7, 11) is 1.32. The topological polar surface area (TPSA) is 55.4 Å². The Morgan fingerprint density at radius 3 is 2.14 bits per heavy atom. The Morgan fingerprint density at radius 2 is 1.59 bits per heavy atom. The molecule has 1 amide bonds. The monoisotopic (exact) mass is 297 g/mol. The molecule has 4 heteroatoms. The van der Waals surface area contributed by atoms with Crippen molar-refractivity contribution in [2.24, 2.45) is 0 Å². The first-order valence-corrected chi connectivity index (χ1v) is 7.09. The van der Waals surface area contributed by atoms with Gasteiger partial charge in [-0.1, -0.05) is 54.6 Å². The van der Waals surface area contributed by atoms with Gasteiger partial charge in [-0.2, -0.15) is 0 Å². The number of rotatable bonds is 5. The van der Waals surface area contributed by atoms with Gasteiger partial charge in [-0.3, -0.25) is 4.79 Å². The van der Waals surface area contributed by atoms with Gasteiger partial charge in [-0.25, -0.2) is 4.79 Å². The molecule has 0 fully saturated rings. The number of amides is 1. The van der Waals surface area contributed by atoms with Crippen LogP contribution in [0.25, 0.3) is 11.1 Å². The fraction of sp³-hybridized carbons (Fsp3) is 0.222. The zero-order chi connectivity index (χ0) is 15.9. The summed E-state index contributed by atoms with van der Waals surface area (Å²) in [6, 6.07) is 17.3. The molecule has 0 aromatic heterocycles. The number of hydrogen-bond donors (Lipinski definition) is 1. The highest BCUT2D eigenvalue weighted by molar-refractivity contribution is 5.83. The summed E-state index contributed by atoms with van der Waals surface area (Å²) >= 11 is 0. The number of esters is 1. The predicted octanol–water partition coefficient (Wildman–Crippen LogP) is 2.57. The van der Waals surface area contributed by atoms with Gasteiger partial charge in [0.2, 0.25) is 5.91 Å². The fourth-order valence-corrected chi connectivity index (χ4v) is 2.28. The first kappa shape index (κ1) is 15.8. The summed E-state index contributed by atoms with van der Waals surface area (Å²) < 4.78 is 4.72. The Kier molecular flexibility index (Phi) is 5.31. The maximum absolute atomic E-state index is 11.7. The van der Waals surface area contributed by atoms with Crippen LogP contribution in [0.4, 0.5) is 0 Å². The van der Waals surface area contributed by atoms with E-state index in [9.17, 15) is 9.59 Å². The van der Waals surface area contributed by atoms with Crippen LogP contribution >= 0.6 is 0 Å². The third-order valence-electron chi connectivity index (χ3n) is 3.36. The van der Waals surface area contributed by atoms with Crippen molar-refractivity contribution in [2.75, 3.05) is 7.11 Å². The molecule has 2 aromatic carbocycles. The normalized spacial score (nSPS) is 11.5. The van der Waals surface area contributed by atoms with Crippen LogP contribution in [0, 0.1) is 0 Å². The maximum Gasteiger partial charge on any atom is 0.328 e. The Labute approximate surface area is 130 Å². The maximum atomic E-state index is 11.7. The van der Waals surface area contributed by atoms with E-state index in [-0.39, 0.29) is 5.91 Å². The van der Waals surface area contributed by atoms with E-state index in [4.69, 9.17) is 4.74 Å². The van der Waals surface area contributed by atoms with Gasteiger partial charge in [0.15, 0.2) is 0 Å². The Morgan fingerprint density at radius 1 is 1.00 bits per heavy atom. The molecule has 0 bridgehead atoms. The lowest BCUT2D eigenvalue weighted by atomic mass is 10.0. The van der Waals surface area contributed by atoms with Crippen LogP contribution < -0.4 is 5.32 Å². The van der Waals surface area contributed by atoms with E-state index in [1.54, 1.807) is 0 Å². The number of ether oxygens (including phenoxy) is 1. The highest BCUT2D eigenvalue weighted by Crippen LogP contribution is 2.19. The molecule has 0 saturated carbocycles. The molecule has 114 valence electrons. The molecular weight excluding hydrogens is 278 g/mol. The first-order chi connectivity index (χ1) is 10.6. The van der Waals surface area contributed by atoms with Gasteiger partial charge < -0.3 is 10.1 Å². The van der Waals surface area contributed by atoms with E-state index in [0.717, 1.165) is 16.7 Å². The van der Waals surface area contributed by atoms with Crippen molar-refractivity contribution >= 4 is 11.9 Å². The van der Waals surface area contributed by atoms with Crippen LogP contribution in [0.2, 0.25) is 0 Å². The Balaban J connectivity index is 2.12. The number of carbonyl (C=O) groups excluding carboxylic acids is 2. The molecule has 1 atom stereocenters. The first-order valence-electron chi connectivity index (χ1n) is 7.09. The van der Waals surface area contributed by atoms with Crippen molar-refractivity contribution in [3.63, 3.8) is 0 Å². The molecule has 4 nitrogen and oxygen atoms in total. The summed E-state index contributed by atoms with van der Waals surface area (Å²) in [4.78, 5) is 22.9. The number of benzene rings is 2. The summed E-state index contributed by atoms with van der Waals surface area (Å²) in [5.74, 6) is -0.696. The van der Waals surface area contributed by atoms with E-state index < -0.39 is 12.0 Å². The third-order valence-corrected chi connectivity index (χ3v) is 3.36. The molecule has 2 rings (SSSR count). The molecule has 2 aromatic rings. The van der Waals surface area contributed by atoms with Gasteiger partial charge >= 0.3 is 5.97 Å². The van der Waals surface area contributed by atoms with Crippen LogP contribution in [-0.2, 0) is 20.7 Å². The number of methoxy groups -OCH3 is 1. The average Bonchev–Trinajstić information content (AvgIpc) is 2.54. The Hall–Kier alpha value is -2.62. The molecule has 1 N–H and O–H groups in total. The second-order valence-electron chi connectivity index (χ2n) is 5.04. The van der Waals surface area contributed by atoms with E-state index >= 15 is 0 Å². The smallest absolute Gasteiger partial charge is 0.328 e. The summed E-state index contributed by atoms with van der Waals surface area (Å²) in [6.07, 6.45) is 0.404. The average molecular weight is 297 g/mol. The van der Waals surface area contributed by atoms with Crippen molar-refractivity contribution in [3.8, 4) is 11.1 Å². The number of carbonyl (C=O) groups is 2. The minimum Gasteiger partial charge on any atom is -0.467 e. The van der Waals surface area contributed by atoms with Crippen molar-refractivity contribution in [1.29, 1.82) is 0 Å². The molecule has 0 saturated heterocycles. The van der Waals surface area contributed by atoms with Crippen LogP contribution in [0.15, 0.2) is 54.6 Å². The molecule has 22 heavy (non-hydrogen) atoms. The molecular formula is C18H19NO3. The summed E-state index contributed by atoms with van der Waals surface area (Å²) in [5.41, 5.74) is 3.21. The minimum absolute atomic E-state index is 0.253. The molecule has 0 spiro atoms. The van der Waals surface area contributed by atoms with Crippen LogP contribution in [-0.4, -0.2) is 25.0 Å². The van der Waals surface area contributed by atoms with Gasteiger partial charge in [0.1, 0.15) is 6.04 Å². The molecule has 0 aliphatic heterocycles. The highest BCUT2D eigenvalue weighted by atomic mass is 16.5. The quantitative estimate of drug-likeness (QED) is 0.863. The predicted molar refractivity (Wildman–Crippen MR) is 85.2 cm³/mol. The van der Waals surface area contributed by atoms with E-state index in [1.165, 1.54) is 14.0 Å². The lowest BCUT2D eigenvalue weighted by Gasteiger charge is -2.15. The van der Waals surface area contributed by atoms with E-state index in [1.807, 2.05) is 54.6 Å². The van der Waals surface area contributed by atoms with Crippen LogP contribution in [0.5, 0.6) is 0 Å². The minimum atomic E-state index is -0.662. The summed E-state index contributed by atoms with van der Waals surface area (Å²) in [6.45, 7) is 1.38. The third kappa shape index (κ3) is 4.19. The molecule has 0 heterocycles.